The molecule has 2 heteroatoms. The second kappa shape index (κ2) is 3.35. The van der Waals surface area contributed by atoms with Crippen LogP contribution in [0.15, 0.2) is 24.3 Å². The van der Waals surface area contributed by atoms with Crippen LogP contribution < -0.4 is 5.73 Å². The van der Waals surface area contributed by atoms with Crippen molar-refractivity contribution < 1.29 is 4.39 Å². The summed E-state index contributed by atoms with van der Waals surface area (Å²) in [6.07, 6.45) is 0.976. The first kappa shape index (κ1) is 9.66. The zero-order valence-corrected chi connectivity index (χ0v) is 8.46. The fraction of sp³-hybridized carbons (Fsp3) is 0.500. The molecule has 0 heterocycles. The van der Waals surface area contributed by atoms with Gasteiger partial charge in [0.15, 0.2) is 0 Å². The molecule has 0 bridgehead atoms. The topological polar surface area (TPSA) is 26.0 Å². The molecule has 0 saturated heterocycles. The molecule has 1 nitrogen and oxygen atoms in total. The maximum absolute atomic E-state index is 14.1. The fourth-order valence-corrected chi connectivity index (χ4v) is 1.90. The lowest BCUT2D eigenvalue weighted by atomic mass is 9.93. The van der Waals surface area contributed by atoms with E-state index < -0.39 is 6.17 Å². The van der Waals surface area contributed by atoms with Crippen LogP contribution in [0.5, 0.6) is 0 Å². The summed E-state index contributed by atoms with van der Waals surface area (Å²) in [6, 6.07) is 7.66. The van der Waals surface area contributed by atoms with Crippen molar-refractivity contribution in [2.24, 2.45) is 11.1 Å². The Labute approximate surface area is 84.1 Å². The Balaban J connectivity index is 2.23. The van der Waals surface area contributed by atoms with Crippen LogP contribution in [0.1, 0.15) is 30.1 Å². The molecular weight excluding hydrogens is 177 g/mol. The largest absolute Gasteiger partial charge is 0.330 e. The number of halogens is 1. The van der Waals surface area contributed by atoms with Crippen molar-refractivity contribution in [1.29, 1.82) is 0 Å². The summed E-state index contributed by atoms with van der Waals surface area (Å²) in [5, 5.41) is 0. The monoisotopic (exact) mass is 193 g/mol. The van der Waals surface area contributed by atoms with Gasteiger partial charge in [0.25, 0.3) is 0 Å². The Bertz CT molecular complexity index is 331. The van der Waals surface area contributed by atoms with Gasteiger partial charge in [0, 0.05) is 12.0 Å². The standard InChI is InChI=1S/C12H16FN/c1-9-3-2-4-10(7-9)11(13)12(8-14)5-6-12/h2-4,7,11H,5-6,8,14H2,1H3. The van der Waals surface area contributed by atoms with Crippen LogP contribution in [0.2, 0.25) is 0 Å². The number of alkyl halides is 1. The smallest absolute Gasteiger partial charge is 0.132 e. The summed E-state index contributed by atoms with van der Waals surface area (Å²) in [6.45, 7) is 2.44. The summed E-state index contributed by atoms with van der Waals surface area (Å²) in [5.74, 6) is 0. The molecule has 2 rings (SSSR count). The van der Waals surface area contributed by atoms with Gasteiger partial charge < -0.3 is 5.73 Å². The molecule has 1 aliphatic rings. The highest BCUT2D eigenvalue weighted by Crippen LogP contribution is 2.55. The fourth-order valence-electron chi connectivity index (χ4n) is 1.90. The predicted molar refractivity (Wildman–Crippen MR) is 55.7 cm³/mol. The first-order chi connectivity index (χ1) is 6.68. The summed E-state index contributed by atoms with van der Waals surface area (Å²) in [7, 11) is 0. The third-order valence-electron chi connectivity index (χ3n) is 3.17. The average Bonchev–Trinajstić information content (AvgIpc) is 2.97. The van der Waals surface area contributed by atoms with Gasteiger partial charge in [-0.15, -0.1) is 0 Å². The lowest BCUT2D eigenvalue weighted by molar-refractivity contribution is 0.217. The molecular formula is C12H16FN. The van der Waals surface area contributed by atoms with Crippen molar-refractivity contribution in [2.45, 2.75) is 25.9 Å². The van der Waals surface area contributed by atoms with Crippen molar-refractivity contribution in [2.75, 3.05) is 6.54 Å². The first-order valence-electron chi connectivity index (χ1n) is 5.09. The Morgan fingerprint density at radius 3 is 2.71 bits per heavy atom. The molecule has 1 aromatic carbocycles. The van der Waals surface area contributed by atoms with Gasteiger partial charge in [-0.2, -0.15) is 0 Å². The van der Waals surface area contributed by atoms with Crippen LogP contribution in [0.25, 0.3) is 0 Å². The number of nitrogens with two attached hydrogens (primary N) is 1. The Morgan fingerprint density at radius 1 is 1.50 bits per heavy atom. The second-order valence-electron chi connectivity index (χ2n) is 4.34. The minimum absolute atomic E-state index is 0.242. The normalized spacial score (nSPS) is 20.5. The lowest BCUT2D eigenvalue weighted by Gasteiger charge is -2.18. The molecule has 0 radical (unpaired) electrons. The number of aryl methyl sites for hydroxylation is 1. The minimum Gasteiger partial charge on any atom is -0.330 e. The van der Waals surface area contributed by atoms with Crippen LogP contribution in [0.4, 0.5) is 4.39 Å². The summed E-state index contributed by atoms with van der Waals surface area (Å²) < 4.78 is 14.1. The third-order valence-corrected chi connectivity index (χ3v) is 3.17. The molecule has 0 spiro atoms. The molecule has 14 heavy (non-hydrogen) atoms. The third kappa shape index (κ3) is 1.55. The van der Waals surface area contributed by atoms with Crippen molar-refractivity contribution >= 4 is 0 Å². The maximum atomic E-state index is 14.1. The maximum Gasteiger partial charge on any atom is 0.132 e. The van der Waals surface area contributed by atoms with Gasteiger partial charge in [0.05, 0.1) is 0 Å². The molecule has 1 saturated carbocycles. The van der Waals surface area contributed by atoms with Gasteiger partial charge in [-0.05, 0) is 25.3 Å². The van der Waals surface area contributed by atoms with E-state index in [2.05, 4.69) is 0 Å². The molecule has 1 aromatic rings. The Kier molecular flexibility index (Phi) is 2.31. The lowest BCUT2D eigenvalue weighted by Crippen LogP contribution is -2.20. The van der Waals surface area contributed by atoms with E-state index in [1.165, 1.54) is 0 Å². The van der Waals surface area contributed by atoms with Crippen LogP contribution in [-0.4, -0.2) is 6.54 Å². The quantitative estimate of drug-likeness (QED) is 0.784. The number of hydrogen-bond donors (Lipinski definition) is 1. The summed E-state index contributed by atoms with van der Waals surface area (Å²) >= 11 is 0. The van der Waals surface area contributed by atoms with Crippen LogP contribution >= 0.6 is 0 Å². The van der Waals surface area contributed by atoms with Crippen molar-refractivity contribution in [3.8, 4) is 0 Å². The van der Waals surface area contributed by atoms with Gasteiger partial charge in [0.1, 0.15) is 6.17 Å². The first-order valence-corrected chi connectivity index (χ1v) is 5.09. The zero-order chi connectivity index (χ0) is 10.2. The molecule has 76 valence electrons. The second-order valence-corrected chi connectivity index (χ2v) is 4.34. The van der Waals surface area contributed by atoms with Crippen molar-refractivity contribution in [3.63, 3.8) is 0 Å². The Morgan fingerprint density at radius 2 is 2.21 bits per heavy atom. The average molecular weight is 193 g/mol. The molecule has 0 amide bonds. The number of hydrogen-bond acceptors (Lipinski definition) is 1. The number of benzene rings is 1. The molecule has 0 aromatic heterocycles. The predicted octanol–water partition coefficient (Wildman–Crippen LogP) is 2.74. The van der Waals surface area contributed by atoms with Crippen LogP contribution in [0.3, 0.4) is 0 Å². The van der Waals surface area contributed by atoms with Gasteiger partial charge >= 0.3 is 0 Å². The van der Waals surface area contributed by atoms with Gasteiger partial charge in [-0.3, -0.25) is 0 Å². The van der Waals surface area contributed by atoms with E-state index in [9.17, 15) is 4.39 Å². The molecule has 0 aliphatic heterocycles. The highest BCUT2D eigenvalue weighted by Gasteiger charge is 2.49. The summed E-state index contributed by atoms with van der Waals surface area (Å²) in [5.41, 5.74) is 7.26. The van der Waals surface area contributed by atoms with Gasteiger partial charge in [0.2, 0.25) is 0 Å². The highest BCUT2D eigenvalue weighted by molar-refractivity contribution is 5.27. The van der Waals surface area contributed by atoms with E-state index in [1.54, 1.807) is 0 Å². The highest BCUT2D eigenvalue weighted by atomic mass is 19.1. The van der Waals surface area contributed by atoms with E-state index in [4.69, 9.17) is 5.73 Å². The Hall–Kier alpha value is -0.890. The molecule has 1 fully saturated rings. The molecule has 1 atom stereocenters. The van der Waals surface area contributed by atoms with Gasteiger partial charge in [-0.25, -0.2) is 4.39 Å². The number of rotatable bonds is 3. The van der Waals surface area contributed by atoms with E-state index in [-0.39, 0.29) is 5.41 Å². The van der Waals surface area contributed by atoms with E-state index >= 15 is 0 Å². The van der Waals surface area contributed by atoms with Crippen molar-refractivity contribution in [3.05, 3.63) is 35.4 Å². The van der Waals surface area contributed by atoms with Gasteiger partial charge in [-0.1, -0.05) is 29.8 Å². The van der Waals surface area contributed by atoms with Crippen LogP contribution in [-0.2, 0) is 0 Å². The molecule has 1 aliphatic carbocycles. The zero-order valence-electron chi connectivity index (χ0n) is 8.46. The van der Waals surface area contributed by atoms with Crippen molar-refractivity contribution in [1.82, 2.24) is 0 Å². The molecule has 1 unspecified atom stereocenters. The SMILES string of the molecule is Cc1cccc(C(F)C2(CN)CC2)c1. The van der Waals surface area contributed by atoms with Crippen LogP contribution in [0, 0.1) is 12.3 Å². The molecule has 2 N–H and O–H groups in total. The summed E-state index contributed by atoms with van der Waals surface area (Å²) in [4.78, 5) is 0. The van der Waals surface area contributed by atoms with E-state index in [0.29, 0.717) is 6.54 Å². The minimum atomic E-state index is -0.882. The van der Waals surface area contributed by atoms with E-state index in [0.717, 1.165) is 24.0 Å². The van der Waals surface area contributed by atoms with E-state index in [1.807, 2.05) is 31.2 Å².